The fraction of sp³-hybridized carbons (Fsp3) is 0.727. The monoisotopic (exact) mass is 237 g/mol. The smallest absolute Gasteiger partial charge is 0.242 e. The van der Waals surface area contributed by atoms with E-state index in [1.807, 2.05) is 0 Å². The highest BCUT2D eigenvalue weighted by molar-refractivity contribution is 5.93. The molecule has 94 valence electrons. The van der Waals surface area contributed by atoms with Crippen LogP contribution < -0.4 is 11.1 Å². The Kier molecular flexibility index (Phi) is 3.73. The van der Waals surface area contributed by atoms with Crippen molar-refractivity contribution in [1.29, 1.82) is 0 Å². The molecule has 2 rings (SSSR count). The van der Waals surface area contributed by atoms with Crippen LogP contribution in [0, 0.1) is 5.92 Å². The summed E-state index contributed by atoms with van der Waals surface area (Å²) in [6, 6.07) is -0.444. The summed E-state index contributed by atoms with van der Waals surface area (Å²) >= 11 is 0. The molecule has 1 aliphatic carbocycles. The number of aromatic nitrogens is 3. The van der Waals surface area contributed by atoms with Crippen LogP contribution in [-0.4, -0.2) is 26.9 Å². The van der Waals surface area contributed by atoms with Gasteiger partial charge in [-0.3, -0.25) is 9.48 Å². The molecule has 0 aromatic carbocycles. The average molecular weight is 237 g/mol. The molecule has 1 saturated carbocycles. The van der Waals surface area contributed by atoms with Crippen LogP contribution in [0.25, 0.3) is 0 Å². The fourth-order valence-electron chi connectivity index (χ4n) is 2.34. The first kappa shape index (κ1) is 12.0. The number of nitrogens with zero attached hydrogens (tertiary/aromatic N) is 3. The predicted molar refractivity (Wildman–Crippen MR) is 64.2 cm³/mol. The molecule has 0 spiro atoms. The van der Waals surface area contributed by atoms with E-state index in [9.17, 15) is 4.79 Å². The quantitative estimate of drug-likeness (QED) is 0.805. The summed E-state index contributed by atoms with van der Waals surface area (Å²) in [5.41, 5.74) is 5.88. The molecule has 1 aromatic rings. The molecular weight excluding hydrogens is 218 g/mol. The van der Waals surface area contributed by atoms with Crippen molar-refractivity contribution in [1.82, 2.24) is 15.0 Å². The third-order valence-corrected chi connectivity index (χ3v) is 3.25. The van der Waals surface area contributed by atoms with Gasteiger partial charge in [0.15, 0.2) is 5.82 Å². The van der Waals surface area contributed by atoms with Gasteiger partial charge in [-0.25, -0.2) is 0 Å². The molecule has 6 nitrogen and oxygen atoms in total. The van der Waals surface area contributed by atoms with Gasteiger partial charge in [0.25, 0.3) is 0 Å². The number of hydrogen-bond acceptors (Lipinski definition) is 4. The van der Waals surface area contributed by atoms with Crippen LogP contribution in [0.2, 0.25) is 0 Å². The molecule has 1 heterocycles. The Labute approximate surface area is 101 Å². The van der Waals surface area contributed by atoms with Crippen LogP contribution in [-0.2, 0) is 11.8 Å². The molecule has 0 radical (unpaired) electrons. The molecule has 0 bridgehead atoms. The minimum atomic E-state index is -0.444. The van der Waals surface area contributed by atoms with Crippen molar-refractivity contribution in [3.63, 3.8) is 0 Å². The molecule has 0 aliphatic heterocycles. The number of carbonyl (C=O) groups is 1. The van der Waals surface area contributed by atoms with Crippen LogP contribution >= 0.6 is 0 Å². The Balaban J connectivity index is 1.82. The van der Waals surface area contributed by atoms with E-state index < -0.39 is 6.04 Å². The van der Waals surface area contributed by atoms with Gasteiger partial charge >= 0.3 is 0 Å². The fourth-order valence-corrected chi connectivity index (χ4v) is 2.34. The summed E-state index contributed by atoms with van der Waals surface area (Å²) < 4.78 is 1.54. The van der Waals surface area contributed by atoms with Gasteiger partial charge in [0.05, 0.1) is 12.2 Å². The molecule has 0 unspecified atom stereocenters. The highest BCUT2D eigenvalue weighted by Crippen LogP contribution is 2.28. The topological polar surface area (TPSA) is 85.8 Å². The van der Waals surface area contributed by atoms with Gasteiger partial charge in [0.1, 0.15) is 0 Å². The highest BCUT2D eigenvalue weighted by atomic mass is 16.2. The van der Waals surface area contributed by atoms with Gasteiger partial charge in [0.2, 0.25) is 5.91 Å². The maximum atomic E-state index is 11.8. The van der Waals surface area contributed by atoms with Crippen molar-refractivity contribution in [3.05, 3.63) is 6.20 Å². The van der Waals surface area contributed by atoms with Gasteiger partial charge < -0.3 is 11.1 Å². The van der Waals surface area contributed by atoms with E-state index in [1.54, 1.807) is 13.2 Å². The summed E-state index contributed by atoms with van der Waals surface area (Å²) in [6.45, 7) is 0. The van der Waals surface area contributed by atoms with Crippen molar-refractivity contribution >= 4 is 11.7 Å². The zero-order chi connectivity index (χ0) is 12.3. The normalized spacial score (nSPS) is 18.2. The number of amides is 1. The molecule has 0 saturated heterocycles. The molecule has 1 fully saturated rings. The van der Waals surface area contributed by atoms with E-state index in [0.29, 0.717) is 11.7 Å². The summed E-state index contributed by atoms with van der Waals surface area (Å²) in [5.74, 6) is 0.898. The average Bonchev–Trinajstić information content (AvgIpc) is 2.90. The predicted octanol–water partition coefficient (Wildman–Crippen LogP) is 0.661. The number of nitrogens with two attached hydrogens (primary N) is 1. The second-order valence-corrected chi connectivity index (χ2v) is 4.76. The molecule has 1 aromatic heterocycles. The van der Waals surface area contributed by atoms with Gasteiger partial charge in [-0.2, -0.15) is 0 Å². The first-order valence-corrected chi connectivity index (χ1v) is 6.08. The van der Waals surface area contributed by atoms with E-state index in [1.165, 1.54) is 30.4 Å². The van der Waals surface area contributed by atoms with E-state index in [0.717, 1.165) is 6.42 Å². The van der Waals surface area contributed by atoms with Crippen molar-refractivity contribution in [2.45, 2.75) is 38.1 Å². The molecule has 1 atom stereocenters. The zero-order valence-electron chi connectivity index (χ0n) is 10.1. The minimum absolute atomic E-state index is 0.169. The Bertz CT molecular complexity index is 383. The number of carbonyl (C=O) groups excluding carboxylic acids is 1. The molecule has 17 heavy (non-hydrogen) atoms. The maximum absolute atomic E-state index is 11.8. The lowest BCUT2D eigenvalue weighted by atomic mass is 9.98. The van der Waals surface area contributed by atoms with Gasteiger partial charge in [-0.15, -0.1) is 5.10 Å². The van der Waals surface area contributed by atoms with E-state index >= 15 is 0 Å². The van der Waals surface area contributed by atoms with Gasteiger partial charge in [0, 0.05) is 7.05 Å². The number of nitrogens with one attached hydrogen (secondary N) is 1. The van der Waals surface area contributed by atoms with Gasteiger partial charge in [-0.1, -0.05) is 30.9 Å². The lowest BCUT2D eigenvalue weighted by Crippen LogP contribution is -2.37. The molecule has 6 heteroatoms. The van der Waals surface area contributed by atoms with Crippen molar-refractivity contribution < 1.29 is 4.79 Å². The third kappa shape index (κ3) is 3.26. The second kappa shape index (κ2) is 5.27. The Morgan fingerprint density at radius 3 is 2.94 bits per heavy atom. The summed E-state index contributed by atoms with van der Waals surface area (Å²) in [5, 5.41) is 10.2. The van der Waals surface area contributed by atoms with Crippen molar-refractivity contribution in [2.75, 3.05) is 5.32 Å². The standard InChI is InChI=1S/C11H19N5O/c1-16-7-10(14-15-16)13-11(17)9(12)6-8-4-2-3-5-8/h7-9H,2-6,12H2,1H3,(H,13,17)/t9-/m0/s1. The Morgan fingerprint density at radius 1 is 1.65 bits per heavy atom. The van der Waals surface area contributed by atoms with Crippen molar-refractivity contribution in [2.24, 2.45) is 18.7 Å². The largest absolute Gasteiger partial charge is 0.320 e. The van der Waals surface area contributed by atoms with E-state index in [-0.39, 0.29) is 5.91 Å². The van der Waals surface area contributed by atoms with Crippen molar-refractivity contribution in [3.8, 4) is 0 Å². The van der Waals surface area contributed by atoms with Crippen LogP contribution in [0.15, 0.2) is 6.20 Å². The first-order chi connectivity index (χ1) is 8.15. The first-order valence-electron chi connectivity index (χ1n) is 6.08. The second-order valence-electron chi connectivity index (χ2n) is 4.76. The highest BCUT2D eigenvalue weighted by Gasteiger charge is 2.22. The summed E-state index contributed by atoms with van der Waals surface area (Å²) in [7, 11) is 1.75. The number of aryl methyl sites for hydroxylation is 1. The lowest BCUT2D eigenvalue weighted by molar-refractivity contribution is -0.117. The molecule has 1 amide bonds. The molecule has 3 N–H and O–H groups in total. The van der Waals surface area contributed by atoms with Crippen LogP contribution in [0.5, 0.6) is 0 Å². The summed E-state index contributed by atoms with van der Waals surface area (Å²) in [6.07, 6.45) is 7.36. The third-order valence-electron chi connectivity index (χ3n) is 3.25. The van der Waals surface area contributed by atoms with Crippen LogP contribution in [0.4, 0.5) is 5.82 Å². The Hall–Kier alpha value is -1.43. The van der Waals surface area contributed by atoms with E-state index in [2.05, 4.69) is 15.6 Å². The molecule has 1 aliphatic rings. The zero-order valence-corrected chi connectivity index (χ0v) is 10.1. The summed E-state index contributed by atoms with van der Waals surface area (Å²) in [4.78, 5) is 11.8. The Morgan fingerprint density at radius 2 is 2.35 bits per heavy atom. The number of anilines is 1. The van der Waals surface area contributed by atoms with Crippen LogP contribution in [0.1, 0.15) is 32.1 Å². The maximum Gasteiger partial charge on any atom is 0.242 e. The number of hydrogen-bond donors (Lipinski definition) is 2. The SMILES string of the molecule is Cn1cc(NC(=O)[C@@H](N)CC2CCCC2)nn1. The minimum Gasteiger partial charge on any atom is -0.320 e. The lowest BCUT2D eigenvalue weighted by Gasteiger charge is -2.14. The molecular formula is C11H19N5O. The van der Waals surface area contributed by atoms with E-state index in [4.69, 9.17) is 5.73 Å². The van der Waals surface area contributed by atoms with Crippen LogP contribution in [0.3, 0.4) is 0 Å². The van der Waals surface area contributed by atoms with Gasteiger partial charge in [-0.05, 0) is 12.3 Å². The number of rotatable bonds is 4.